The third-order valence-electron chi connectivity index (χ3n) is 7.05. The number of amides is 1. The van der Waals surface area contributed by atoms with E-state index in [1.807, 2.05) is 29.2 Å². The molecule has 2 heterocycles. The van der Waals surface area contributed by atoms with Crippen molar-refractivity contribution in [1.29, 1.82) is 0 Å². The van der Waals surface area contributed by atoms with Gasteiger partial charge in [0, 0.05) is 38.0 Å². The van der Waals surface area contributed by atoms with E-state index in [0.717, 1.165) is 45.6 Å². The van der Waals surface area contributed by atoms with Gasteiger partial charge in [0.1, 0.15) is 11.4 Å². The summed E-state index contributed by atoms with van der Waals surface area (Å²) in [5, 5.41) is 0. The maximum absolute atomic E-state index is 13.1. The topological polar surface area (TPSA) is 49.9 Å². The highest BCUT2D eigenvalue weighted by molar-refractivity contribution is 6.00. The smallest absolute Gasteiger partial charge is 0.226 e. The number of ether oxygens (including phenoxy) is 1. The highest BCUT2D eigenvalue weighted by atomic mass is 16.5. The number of rotatable bonds is 2. The van der Waals surface area contributed by atoms with E-state index < -0.39 is 5.60 Å². The molecule has 5 heteroatoms. The number of ketones is 1. The van der Waals surface area contributed by atoms with Gasteiger partial charge in [0.2, 0.25) is 5.91 Å². The van der Waals surface area contributed by atoms with E-state index in [0.29, 0.717) is 29.6 Å². The molecule has 138 valence electrons. The van der Waals surface area contributed by atoms with Gasteiger partial charge >= 0.3 is 0 Å². The summed E-state index contributed by atoms with van der Waals surface area (Å²) in [5.41, 5.74) is 0.252. The van der Waals surface area contributed by atoms with Gasteiger partial charge in [0.15, 0.2) is 5.78 Å². The standard InChI is InChI=1S/C21H26N2O3/c1-2-22-9-11-23(12-10-22)20(25)18-15-7-8-21(19(15)18)13-16(24)14-5-3-4-6-17(14)26-21/h3-6,15,18-19H,2,7-13H2,1H3. The van der Waals surface area contributed by atoms with Crippen LogP contribution in [0.15, 0.2) is 24.3 Å². The van der Waals surface area contributed by atoms with Crippen LogP contribution in [0.25, 0.3) is 0 Å². The molecule has 2 saturated carbocycles. The molecule has 5 rings (SSSR count). The predicted octanol–water partition coefficient (Wildman–Crippen LogP) is 2.21. The number of para-hydroxylation sites is 1. The van der Waals surface area contributed by atoms with Gasteiger partial charge in [-0.25, -0.2) is 0 Å². The molecule has 0 aromatic heterocycles. The monoisotopic (exact) mass is 354 g/mol. The molecule has 2 aliphatic carbocycles. The van der Waals surface area contributed by atoms with E-state index in [1.54, 1.807) is 0 Å². The molecule has 5 nitrogen and oxygen atoms in total. The zero-order chi connectivity index (χ0) is 17.9. The van der Waals surface area contributed by atoms with Gasteiger partial charge in [-0.2, -0.15) is 0 Å². The third-order valence-corrected chi connectivity index (χ3v) is 7.05. The van der Waals surface area contributed by atoms with Crippen molar-refractivity contribution >= 4 is 11.7 Å². The first-order chi connectivity index (χ1) is 12.6. The normalized spacial score (nSPS) is 35.8. The van der Waals surface area contributed by atoms with E-state index in [9.17, 15) is 9.59 Å². The van der Waals surface area contributed by atoms with E-state index in [1.165, 1.54) is 0 Å². The van der Waals surface area contributed by atoms with Crippen molar-refractivity contribution < 1.29 is 14.3 Å². The number of hydrogen-bond acceptors (Lipinski definition) is 4. The highest BCUT2D eigenvalue weighted by Crippen LogP contribution is 2.66. The zero-order valence-electron chi connectivity index (χ0n) is 15.3. The average molecular weight is 354 g/mol. The van der Waals surface area contributed by atoms with Crippen LogP contribution in [-0.4, -0.2) is 59.8 Å². The van der Waals surface area contributed by atoms with Gasteiger partial charge in [0.25, 0.3) is 0 Å². The molecule has 0 N–H and O–H groups in total. The largest absolute Gasteiger partial charge is 0.486 e. The fourth-order valence-corrected chi connectivity index (χ4v) is 5.59. The second-order valence-electron chi connectivity index (χ2n) is 8.28. The van der Waals surface area contributed by atoms with Crippen LogP contribution in [0, 0.1) is 17.8 Å². The minimum absolute atomic E-state index is 0.0648. The molecule has 4 atom stereocenters. The summed E-state index contributed by atoms with van der Waals surface area (Å²) in [7, 11) is 0. The van der Waals surface area contributed by atoms with Crippen LogP contribution in [0.3, 0.4) is 0 Å². The Morgan fingerprint density at radius 2 is 2.00 bits per heavy atom. The van der Waals surface area contributed by atoms with Crippen LogP contribution < -0.4 is 4.74 Å². The lowest BCUT2D eigenvalue weighted by Crippen LogP contribution is -2.50. The molecular formula is C21H26N2O3. The molecule has 4 unspecified atom stereocenters. The second kappa shape index (κ2) is 5.81. The van der Waals surface area contributed by atoms with Crippen molar-refractivity contribution in [2.45, 2.75) is 31.8 Å². The number of carbonyl (C=O) groups excluding carboxylic acids is 2. The number of benzene rings is 1. The first-order valence-electron chi connectivity index (χ1n) is 9.95. The van der Waals surface area contributed by atoms with Crippen LogP contribution in [0.2, 0.25) is 0 Å². The first-order valence-corrected chi connectivity index (χ1v) is 9.95. The van der Waals surface area contributed by atoms with Crippen LogP contribution >= 0.6 is 0 Å². The summed E-state index contributed by atoms with van der Waals surface area (Å²) in [6.07, 6.45) is 2.33. The second-order valence-corrected chi connectivity index (χ2v) is 8.28. The van der Waals surface area contributed by atoms with Crippen molar-refractivity contribution in [1.82, 2.24) is 9.80 Å². The number of Topliss-reactive ketones (excluding diaryl/α,β-unsaturated/α-hetero) is 1. The number of fused-ring (bicyclic) bond motifs is 3. The quantitative estimate of drug-likeness (QED) is 0.817. The lowest BCUT2D eigenvalue weighted by atomic mass is 9.84. The van der Waals surface area contributed by atoms with Crippen LogP contribution in [0.5, 0.6) is 5.75 Å². The molecule has 1 amide bonds. The molecule has 26 heavy (non-hydrogen) atoms. The molecule has 1 spiro atoms. The molecule has 1 saturated heterocycles. The SMILES string of the molecule is CCN1CCN(C(=O)C2C3CCC4(CC(=O)c5ccccc5O4)C32)CC1. The Morgan fingerprint density at radius 1 is 1.23 bits per heavy atom. The van der Waals surface area contributed by atoms with Gasteiger partial charge in [0.05, 0.1) is 12.0 Å². The van der Waals surface area contributed by atoms with Crippen molar-refractivity contribution in [3.05, 3.63) is 29.8 Å². The molecule has 0 radical (unpaired) electrons. The summed E-state index contributed by atoms with van der Waals surface area (Å²) in [5.74, 6) is 1.86. The predicted molar refractivity (Wildman–Crippen MR) is 97.1 cm³/mol. The minimum Gasteiger partial charge on any atom is -0.486 e. The molecule has 1 aromatic rings. The number of piperazine rings is 1. The molecule has 2 aliphatic heterocycles. The zero-order valence-corrected chi connectivity index (χ0v) is 15.3. The van der Waals surface area contributed by atoms with E-state index >= 15 is 0 Å². The molecular weight excluding hydrogens is 328 g/mol. The fourth-order valence-electron chi connectivity index (χ4n) is 5.59. The van der Waals surface area contributed by atoms with E-state index in [-0.39, 0.29) is 17.6 Å². The van der Waals surface area contributed by atoms with Gasteiger partial charge in [-0.1, -0.05) is 19.1 Å². The van der Waals surface area contributed by atoms with Crippen LogP contribution in [-0.2, 0) is 4.79 Å². The highest BCUT2D eigenvalue weighted by Gasteiger charge is 2.71. The summed E-state index contributed by atoms with van der Waals surface area (Å²) in [6.45, 7) is 6.82. The van der Waals surface area contributed by atoms with Gasteiger partial charge in [-0.05, 0) is 37.4 Å². The maximum Gasteiger partial charge on any atom is 0.226 e. The number of hydrogen-bond donors (Lipinski definition) is 0. The first kappa shape index (κ1) is 16.3. The fraction of sp³-hybridized carbons (Fsp3) is 0.619. The van der Waals surface area contributed by atoms with E-state index in [4.69, 9.17) is 4.74 Å². The van der Waals surface area contributed by atoms with Gasteiger partial charge < -0.3 is 14.5 Å². The Labute approximate surface area is 154 Å². The Hall–Kier alpha value is -1.88. The molecule has 0 bridgehead atoms. The Bertz CT molecular complexity index is 755. The van der Waals surface area contributed by atoms with Crippen molar-refractivity contribution in [3.8, 4) is 5.75 Å². The summed E-state index contributed by atoms with van der Waals surface area (Å²) < 4.78 is 6.41. The minimum atomic E-state index is -0.443. The molecule has 4 aliphatic rings. The summed E-state index contributed by atoms with van der Waals surface area (Å²) in [6, 6.07) is 7.54. The number of likely N-dealkylation sites (N-methyl/N-ethyl adjacent to an activating group) is 1. The number of carbonyl (C=O) groups is 2. The van der Waals surface area contributed by atoms with Gasteiger partial charge in [-0.15, -0.1) is 0 Å². The summed E-state index contributed by atoms with van der Waals surface area (Å²) in [4.78, 5) is 30.2. The van der Waals surface area contributed by atoms with Gasteiger partial charge in [-0.3, -0.25) is 9.59 Å². The molecule has 1 aromatic carbocycles. The Morgan fingerprint density at radius 3 is 2.77 bits per heavy atom. The summed E-state index contributed by atoms with van der Waals surface area (Å²) >= 11 is 0. The Kier molecular flexibility index (Phi) is 3.64. The lowest BCUT2D eigenvalue weighted by Gasteiger charge is -2.38. The number of nitrogens with zero attached hydrogens (tertiary/aromatic N) is 2. The van der Waals surface area contributed by atoms with E-state index in [2.05, 4.69) is 11.8 Å². The third kappa shape index (κ3) is 2.33. The molecule has 3 fully saturated rings. The van der Waals surface area contributed by atoms with Crippen molar-refractivity contribution in [3.63, 3.8) is 0 Å². The average Bonchev–Trinajstić information content (AvgIpc) is 3.32. The van der Waals surface area contributed by atoms with Crippen LogP contribution in [0.1, 0.15) is 36.5 Å². The van der Waals surface area contributed by atoms with Crippen molar-refractivity contribution in [2.75, 3.05) is 32.7 Å². The van der Waals surface area contributed by atoms with Crippen LogP contribution in [0.4, 0.5) is 0 Å². The maximum atomic E-state index is 13.1. The Balaban J connectivity index is 1.33. The van der Waals surface area contributed by atoms with Crippen molar-refractivity contribution in [2.24, 2.45) is 17.8 Å². The lowest BCUT2D eigenvalue weighted by molar-refractivity contribution is -0.136.